The van der Waals surface area contributed by atoms with Crippen molar-refractivity contribution in [3.05, 3.63) is 47.5 Å². The van der Waals surface area contributed by atoms with Gasteiger partial charge in [-0.05, 0) is 74.2 Å². The molecular weight excluding hydrogens is 398 g/mol. The van der Waals surface area contributed by atoms with E-state index >= 15 is 0 Å². The summed E-state index contributed by atoms with van der Waals surface area (Å²) in [6, 6.07) is 10.5. The van der Waals surface area contributed by atoms with Crippen LogP contribution >= 0.6 is 0 Å². The molecule has 4 nitrogen and oxygen atoms in total. The summed E-state index contributed by atoms with van der Waals surface area (Å²) in [4.78, 5) is 26.8. The van der Waals surface area contributed by atoms with Gasteiger partial charge < -0.3 is 9.64 Å². The molecule has 6 atom stereocenters. The average molecular weight is 436 g/mol. The molecule has 4 aliphatic rings. The third kappa shape index (κ3) is 3.50. The zero-order valence-corrected chi connectivity index (χ0v) is 19.8. The molecule has 1 aromatic carbocycles. The van der Waals surface area contributed by atoms with Crippen LogP contribution in [0.2, 0.25) is 0 Å². The monoisotopic (exact) mass is 435 g/mol. The van der Waals surface area contributed by atoms with Crippen LogP contribution in [0.5, 0.6) is 0 Å². The van der Waals surface area contributed by atoms with Gasteiger partial charge in [-0.2, -0.15) is 0 Å². The summed E-state index contributed by atoms with van der Waals surface area (Å²) >= 11 is 0. The van der Waals surface area contributed by atoms with Gasteiger partial charge in [0.2, 0.25) is 5.91 Å². The Morgan fingerprint density at radius 2 is 1.88 bits per heavy atom. The molecule has 1 amide bonds. The molecule has 3 aliphatic carbocycles. The predicted octanol–water partition coefficient (Wildman–Crippen LogP) is 5.66. The SMILES string of the molecule is CC(=O)OC1CCC2(C)C(=CCC3C2CCC2(C)C3CCC(=O)N2Cc2ccccc2)C1. The fourth-order valence-electron chi connectivity index (χ4n) is 7.86. The van der Waals surface area contributed by atoms with Gasteiger partial charge >= 0.3 is 5.97 Å². The standard InChI is InChI=1S/C28H37NO3/c1-19(30)32-22-13-15-27(2)21(17-22)9-10-23-24(27)14-16-28(3)25(23)11-12-26(31)29(28)18-20-7-5-4-6-8-20/h4-9,22-25H,10-18H2,1-3H3. The first-order chi connectivity index (χ1) is 15.3. The summed E-state index contributed by atoms with van der Waals surface area (Å²) in [6.07, 6.45) is 10.6. The molecule has 0 aromatic heterocycles. The number of esters is 1. The van der Waals surface area contributed by atoms with Crippen LogP contribution in [0, 0.1) is 23.2 Å². The molecule has 5 rings (SSSR count). The van der Waals surface area contributed by atoms with Crippen molar-refractivity contribution in [2.75, 3.05) is 0 Å². The van der Waals surface area contributed by atoms with Crippen molar-refractivity contribution in [3.8, 4) is 0 Å². The van der Waals surface area contributed by atoms with E-state index in [2.05, 4.69) is 49.1 Å². The molecule has 0 bridgehead atoms. The Labute approximate surface area is 192 Å². The fraction of sp³-hybridized carbons (Fsp3) is 0.643. The molecule has 1 aromatic rings. The number of likely N-dealkylation sites (tertiary alicyclic amines) is 1. The number of rotatable bonds is 3. The van der Waals surface area contributed by atoms with Gasteiger partial charge in [0.1, 0.15) is 6.10 Å². The highest BCUT2D eigenvalue weighted by Crippen LogP contribution is 2.62. The normalized spacial score (nSPS) is 38.8. The Hall–Kier alpha value is -2.10. The number of hydrogen-bond acceptors (Lipinski definition) is 3. The summed E-state index contributed by atoms with van der Waals surface area (Å²) in [5.41, 5.74) is 2.91. The van der Waals surface area contributed by atoms with Crippen molar-refractivity contribution in [1.82, 2.24) is 4.90 Å². The van der Waals surface area contributed by atoms with Gasteiger partial charge in [-0.25, -0.2) is 0 Å². The molecule has 3 fully saturated rings. The predicted molar refractivity (Wildman–Crippen MR) is 125 cm³/mol. The number of allylic oxidation sites excluding steroid dienone is 1. The van der Waals surface area contributed by atoms with E-state index in [0.717, 1.165) is 45.1 Å². The molecule has 32 heavy (non-hydrogen) atoms. The number of ether oxygens (including phenoxy) is 1. The van der Waals surface area contributed by atoms with Crippen molar-refractivity contribution in [3.63, 3.8) is 0 Å². The third-order valence-electron chi connectivity index (χ3n) is 9.52. The largest absolute Gasteiger partial charge is 0.462 e. The van der Waals surface area contributed by atoms with Gasteiger partial charge in [0, 0.05) is 31.8 Å². The number of amides is 1. The average Bonchev–Trinajstić information content (AvgIpc) is 2.76. The van der Waals surface area contributed by atoms with Crippen molar-refractivity contribution < 1.29 is 14.3 Å². The van der Waals surface area contributed by atoms with E-state index in [-0.39, 0.29) is 23.0 Å². The van der Waals surface area contributed by atoms with Crippen molar-refractivity contribution in [2.24, 2.45) is 23.2 Å². The van der Waals surface area contributed by atoms with E-state index in [0.29, 0.717) is 30.1 Å². The second-order valence-corrected chi connectivity index (χ2v) is 11.1. The lowest BCUT2D eigenvalue weighted by Crippen LogP contribution is -2.63. The molecule has 172 valence electrons. The number of hydrogen-bond donors (Lipinski definition) is 0. The lowest BCUT2D eigenvalue weighted by Gasteiger charge is -2.62. The van der Waals surface area contributed by atoms with Crippen molar-refractivity contribution >= 4 is 11.9 Å². The maximum absolute atomic E-state index is 13.1. The lowest BCUT2D eigenvalue weighted by atomic mass is 9.48. The van der Waals surface area contributed by atoms with E-state index in [1.54, 1.807) is 0 Å². The molecule has 1 aliphatic heterocycles. The smallest absolute Gasteiger partial charge is 0.302 e. The number of piperidine rings is 1. The van der Waals surface area contributed by atoms with Gasteiger partial charge in [-0.15, -0.1) is 0 Å². The maximum Gasteiger partial charge on any atom is 0.302 e. The Bertz CT molecular complexity index is 924. The highest BCUT2D eigenvalue weighted by molar-refractivity contribution is 5.78. The molecule has 6 unspecified atom stereocenters. The second kappa shape index (κ2) is 8.04. The summed E-state index contributed by atoms with van der Waals surface area (Å²) in [5, 5.41) is 0. The molecule has 4 heteroatoms. The minimum atomic E-state index is -0.160. The van der Waals surface area contributed by atoms with Gasteiger partial charge in [0.25, 0.3) is 0 Å². The van der Waals surface area contributed by atoms with Crippen LogP contribution in [0.1, 0.15) is 77.7 Å². The Morgan fingerprint density at radius 1 is 1.09 bits per heavy atom. The fourth-order valence-corrected chi connectivity index (χ4v) is 7.86. The van der Waals surface area contributed by atoms with Crippen LogP contribution in [-0.2, 0) is 20.9 Å². The van der Waals surface area contributed by atoms with Crippen molar-refractivity contribution in [2.45, 2.75) is 90.3 Å². The highest BCUT2D eigenvalue weighted by Gasteiger charge is 2.58. The molecule has 0 spiro atoms. The molecule has 2 saturated carbocycles. The summed E-state index contributed by atoms with van der Waals surface area (Å²) in [6.45, 7) is 7.09. The summed E-state index contributed by atoms with van der Waals surface area (Å²) < 4.78 is 5.58. The number of carbonyl (C=O) groups is 2. The van der Waals surface area contributed by atoms with Gasteiger partial charge in [-0.3, -0.25) is 9.59 Å². The number of fused-ring (bicyclic) bond motifs is 5. The van der Waals surface area contributed by atoms with Gasteiger partial charge in [-0.1, -0.05) is 48.9 Å². The van der Waals surface area contributed by atoms with Crippen molar-refractivity contribution in [1.29, 1.82) is 0 Å². The van der Waals surface area contributed by atoms with Crippen LogP contribution < -0.4 is 0 Å². The number of nitrogens with zero attached hydrogens (tertiary/aromatic N) is 1. The first-order valence-corrected chi connectivity index (χ1v) is 12.5. The molecule has 0 radical (unpaired) electrons. The Morgan fingerprint density at radius 3 is 2.62 bits per heavy atom. The number of carbonyl (C=O) groups excluding carboxylic acids is 2. The molecule has 1 saturated heterocycles. The Kier molecular flexibility index (Phi) is 5.46. The first-order valence-electron chi connectivity index (χ1n) is 12.5. The topological polar surface area (TPSA) is 46.6 Å². The number of benzene rings is 1. The second-order valence-electron chi connectivity index (χ2n) is 11.1. The minimum absolute atomic E-state index is 0.0471. The molecule has 0 N–H and O–H groups in total. The van der Waals surface area contributed by atoms with Crippen LogP contribution in [0.15, 0.2) is 42.0 Å². The van der Waals surface area contributed by atoms with E-state index < -0.39 is 0 Å². The lowest BCUT2D eigenvalue weighted by molar-refractivity contribution is -0.160. The van der Waals surface area contributed by atoms with Crippen LogP contribution in [0.3, 0.4) is 0 Å². The van der Waals surface area contributed by atoms with Crippen LogP contribution in [-0.4, -0.2) is 28.4 Å². The van der Waals surface area contributed by atoms with E-state index in [9.17, 15) is 9.59 Å². The van der Waals surface area contributed by atoms with Gasteiger partial charge in [0.05, 0.1) is 0 Å². The summed E-state index contributed by atoms with van der Waals surface area (Å²) in [7, 11) is 0. The van der Waals surface area contributed by atoms with Crippen LogP contribution in [0.25, 0.3) is 0 Å². The highest BCUT2D eigenvalue weighted by atomic mass is 16.5. The van der Waals surface area contributed by atoms with Gasteiger partial charge in [0.15, 0.2) is 0 Å². The zero-order valence-electron chi connectivity index (χ0n) is 19.8. The Balaban J connectivity index is 1.40. The van der Waals surface area contributed by atoms with E-state index in [4.69, 9.17) is 4.74 Å². The molecular formula is C28H37NO3. The molecule has 1 heterocycles. The summed E-state index contributed by atoms with van der Waals surface area (Å²) in [5.74, 6) is 2.03. The third-order valence-corrected chi connectivity index (χ3v) is 9.52. The maximum atomic E-state index is 13.1. The minimum Gasteiger partial charge on any atom is -0.462 e. The van der Waals surface area contributed by atoms with E-state index in [1.807, 2.05) is 6.07 Å². The zero-order chi connectivity index (χ0) is 22.5. The first kappa shape index (κ1) is 21.7. The van der Waals surface area contributed by atoms with E-state index in [1.165, 1.54) is 24.5 Å². The van der Waals surface area contributed by atoms with Crippen LogP contribution in [0.4, 0.5) is 0 Å². The quantitative estimate of drug-likeness (QED) is 0.454.